The van der Waals surface area contributed by atoms with Crippen molar-refractivity contribution in [1.82, 2.24) is 9.55 Å². The summed E-state index contributed by atoms with van der Waals surface area (Å²) in [6.45, 7) is 0. The summed E-state index contributed by atoms with van der Waals surface area (Å²) in [6.07, 6.45) is 5.46. The van der Waals surface area contributed by atoms with Crippen molar-refractivity contribution < 1.29 is 0 Å². The Balaban J connectivity index is 1.95. The summed E-state index contributed by atoms with van der Waals surface area (Å²) in [4.78, 5) is 4.08. The molecule has 0 fully saturated rings. The molecule has 0 atom stereocenters. The van der Waals surface area contributed by atoms with Crippen LogP contribution in [-0.2, 0) is 0 Å². The predicted octanol–water partition coefficient (Wildman–Crippen LogP) is 4.27. The lowest BCUT2D eigenvalue weighted by Gasteiger charge is -2.12. The first-order valence-corrected chi connectivity index (χ1v) is 6.31. The van der Waals surface area contributed by atoms with Crippen LogP contribution in [0, 0.1) is 0 Å². The number of anilines is 2. The zero-order chi connectivity index (χ0) is 13.1. The second-order valence-electron chi connectivity index (χ2n) is 4.12. The Hall–Kier alpha value is -2.26. The van der Waals surface area contributed by atoms with E-state index in [9.17, 15) is 0 Å². The molecule has 0 unspecified atom stereocenters. The molecule has 2 aromatic carbocycles. The van der Waals surface area contributed by atoms with E-state index in [4.69, 9.17) is 11.6 Å². The van der Waals surface area contributed by atoms with Crippen molar-refractivity contribution in [3.8, 4) is 5.69 Å². The molecule has 0 aliphatic rings. The molecule has 3 nitrogen and oxygen atoms in total. The lowest BCUT2D eigenvalue weighted by Crippen LogP contribution is -1.98. The van der Waals surface area contributed by atoms with Gasteiger partial charge in [0, 0.05) is 23.1 Å². The Kier molecular flexibility index (Phi) is 3.21. The van der Waals surface area contributed by atoms with Gasteiger partial charge < -0.3 is 9.88 Å². The van der Waals surface area contributed by atoms with E-state index in [1.165, 1.54) is 0 Å². The lowest BCUT2D eigenvalue weighted by atomic mass is 10.2. The topological polar surface area (TPSA) is 29.9 Å². The third-order valence-electron chi connectivity index (χ3n) is 2.81. The van der Waals surface area contributed by atoms with Crippen LogP contribution in [0.5, 0.6) is 0 Å². The van der Waals surface area contributed by atoms with Crippen molar-refractivity contribution in [2.24, 2.45) is 0 Å². The first-order chi connectivity index (χ1) is 9.33. The summed E-state index contributed by atoms with van der Waals surface area (Å²) >= 11 is 5.89. The minimum absolute atomic E-state index is 0.730. The van der Waals surface area contributed by atoms with Crippen LogP contribution in [0.25, 0.3) is 5.69 Å². The Bertz CT molecular complexity index is 660. The molecule has 0 aliphatic heterocycles. The van der Waals surface area contributed by atoms with E-state index >= 15 is 0 Å². The Morgan fingerprint density at radius 2 is 1.79 bits per heavy atom. The van der Waals surface area contributed by atoms with Gasteiger partial charge in [0.05, 0.1) is 17.7 Å². The molecule has 0 amide bonds. The summed E-state index contributed by atoms with van der Waals surface area (Å²) in [5.41, 5.74) is 3.06. The van der Waals surface area contributed by atoms with Gasteiger partial charge in [0.2, 0.25) is 0 Å². The van der Waals surface area contributed by atoms with Gasteiger partial charge in [-0.05, 0) is 36.4 Å². The smallest absolute Gasteiger partial charge is 0.0992 e. The largest absolute Gasteiger partial charge is 0.354 e. The van der Waals surface area contributed by atoms with Crippen LogP contribution in [0.2, 0.25) is 5.02 Å². The normalized spacial score (nSPS) is 10.4. The maximum atomic E-state index is 5.89. The molecular formula is C15H12ClN3. The number of aromatic nitrogens is 2. The first-order valence-electron chi connectivity index (χ1n) is 5.93. The number of imidazole rings is 1. The SMILES string of the molecule is Clc1ccc(Nc2ccccc2-n2ccnc2)cc1. The molecule has 4 heteroatoms. The second-order valence-corrected chi connectivity index (χ2v) is 4.56. The number of halogens is 1. The fraction of sp³-hybridized carbons (Fsp3) is 0. The average molecular weight is 270 g/mol. The van der Waals surface area contributed by atoms with E-state index in [1.54, 1.807) is 12.5 Å². The molecule has 1 N–H and O–H groups in total. The number of nitrogens with one attached hydrogen (secondary N) is 1. The molecular weight excluding hydrogens is 258 g/mol. The van der Waals surface area contributed by atoms with Gasteiger partial charge in [0.15, 0.2) is 0 Å². The van der Waals surface area contributed by atoms with E-state index in [0.29, 0.717) is 0 Å². The van der Waals surface area contributed by atoms with Crippen LogP contribution in [0.1, 0.15) is 0 Å². The molecule has 0 aliphatic carbocycles. The van der Waals surface area contributed by atoms with Crippen LogP contribution in [-0.4, -0.2) is 9.55 Å². The first kappa shape index (κ1) is 11.8. The number of para-hydroxylation sites is 2. The molecule has 1 heterocycles. The highest BCUT2D eigenvalue weighted by Crippen LogP contribution is 2.24. The van der Waals surface area contributed by atoms with Gasteiger partial charge in [-0.15, -0.1) is 0 Å². The zero-order valence-corrected chi connectivity index (χ0v) is 10.9. The van der Waals surface area contributed by atoms with E-state index in [0.717, 1.165) is 22.1 Å². The van der Waals surface area contributed by atoms with Gasteiger partial charge in [-0.3, -0.25) is 0 Å². The van der Waals surface area contributed by atoms with Crippen molar-refractivity contribution in [2.45, 2.75) is 0 Å². The summed E-state index contributed by atoms with van der Waals surface area (Å²) in [5.74, 6) is 0. The third kappa shape index (κ3) is 2.61. The van der Waals surface area contributed by atoms with E-state index in [-0.39, 0.29) is 0 Å². The highest BCUT2D eigenvalue weighted by atomic mass is 35.5. The van der Waals surface area contributed by atoms with Crippen molar-refractivity contribution in [2.75, 3.05) is 5.32 Å². The number of rotatable bonds is 3. The molecule has 0 radical (unpaired) electrons. The van der Waals surface area contributed by atoms with Gasteiger partial charge in [0.1, 0.15) is 0 Å². The molecule has 0 bridgehead atoms. The molecule has 0 saturated carbocycles. The summed E-state index contributed by atoms with van der Waals surface area (Å²) < 4.78 is 1.97. The minimum atomic E-state index is 0.730. The quantitative estimate of drug-likeness (QED) is 0.769. The summed E-state index contributed by atoms with van der Waals surface area (Å²) in [5, 5.41) is 4.11. The van der Waals surface area contributed by atoms with E-state index < -0.39 is 0 Å². The standard InChI is InChI=1S/C15H12ClN3/c16-12-5-7-13(8-6-12)18-14-3-1-2-4-15(14)19-10-9-17-11-19/h1-11,18H. The molecule has 94 valence electrons. The number of hydrogen-bond donors (Lipinski definition) is 1. The lowest BCUT2D eigenvalue weighted by molar-refractivity contribution is 1.06. The van der Waals surface area contributed by atoms with Crippen molar-refractivity contribution in [3.63, 3.8) is 0 Å². The molecule has 1 aromatic heterocycles. The Morgan fingerprint density at radius 1 is 1.00 bits per heavy atom. The molecule has 0 saturated heterocycles. The average Bonchev–Trinajstić information content (AvgIpc) is 2.96. The number of benzene rings is 2. The molecule has 0 spiro atoms. The van der Waals surface area contributed by atoms with E-state index in [2.05, 4.69) is 10.3 Å². The third-order valence-corrected chi connectivity index (χ3v) is 3.06. The fourth-order valence-electron chi connectivity index (χ4n) is 1.89. The van der Waals surface area contributed by atoms with Crippen LogP contribution >= 0.6 is 11.6 Å². The van der Waals surface area contributed by atoms with Crippen LogP contribution in [0.15, 0.2) is 67.3 Å². The van der Waals surface area contributed by atoms with Crippen LogP contribution < -0.4 is 5.32 Å². The molecule has 19 heavy (non-hydrogen) atoms. The molecule has 3 aromatic rings. The van der Waals surface area contributed by atoms with Crippen molar-refractivity contribution in [3.05, 3.63) is 72.3 Å². The van der Waals surface area contributed by atoms with Crippen LogP contribution in [0.4, 0.5) is 11.4 Å². The number of nitrogens with zero attached hydrogens (tertiary/aromatic N) is 2. The summed E-state index contributed by atoms with van der Waals surface area (Å²) in [6, 6.07) is 15.7. The van der Waals surface area contributed by atoms with Gasteiger partial charge in [-0.25, -0.2) is 4.98 Å². The van der Waals surface area contributed by atoms with Crippen molar-refractivity contribution in [1.29, 1.82) is 0 Å². The highest BCUT2D eigenvalue weighted by molar-refractivity contribution is 6.30. The van der Waals surface area contributed by atoms with Gasteiger partial charge >= 0.3 is 0 Å². The van der Waals surface area contributed by atoms with Gasteiger partial charge in [0.25, 0.3) is 0 Å². The second kappa shape index (κ2) is 5.16. The van der Waals surface area contributed by atoms with Crippen LogP contribution in [0.3, 0.4) is 0 Å². The number of hydrogen-bond acceptors (Lipinski definition) is 2. The zero-order valence-electron chi connectivity index (χ0n) is 10.1. The minimum Gasteiger partial charge on any atom is -0.354 e. The Labute approximate surface area is 116 Å². The maximum absolute atomic E-state index is 5.89. The van der Waals surface area contributed by atoms with Gasteiger partial charge in [-0.1, -0.05) is 23.7 Å². The van der Waals surface area contributed by atoms with Gasteiger partial charge in [-0.2, -0.15) is 0 Å². The summed E-state index contributed by atoms with van der Waals surface area (Å²) in [7, 11) is 0. The predicted molar refractivity (Wildman–Crippen MR) is 78.3 cm³/mol. The molecule has 3 rings (SSSR count). The van der Waals surface area contributed by atoms with E-state index in [1.807, 2.05) is 59.3 Å². The Morgan fingerprint density at radius 3 is 2.53 bits per heavy atom. The monoisotopic (exact) mass is 269 g/mol. The fourth-order valence-corrected chi connectivity index (χ4v) is 2.02. The van der Waals surface area contributed by atoms with Crippen molar-refractivity contribution >= 4 is 23.0 Å². The maximum Gasteiger partial charge on any atom is 0.0992 e. The highest BCUT2D eigenvalue weighted by Gasteiger charge is 2.03.